The van der Waals surface area contributed by atoms with Crippen molar-refractivity contribution in [2.24, 2.45) is 0 Å². The molecule has 2 aliphatic rings. The number of halogens is 3. The molecule has 0 unspecified atom stereocenters. The first kappa shape index (κ1) is 14.3. The summed E-state index contributed by atoms with van der Waals surface area (Å²) >= 11 is 6.18. The molecule has 1 spiro atoms. The Balaban J connectivity index is 1.83. The van der Waals surface area contributed by atoms with Crippen LogP contribution in [0.25, 0.3) is 0 Å². The summed E-state index contributed by atoms with van der Waals surface area (Å²) in [6.45, 7) is 0.304. The fraction of sp³-hybridized carbons (Fsp3) is 0.333. The van der Waals surface area contributed by atoms with Crippen LogP contribution in [0.4, 0.5) is 20.4 Å². The molecule has 1 aliphatic carbocycles. The molecule has 0 radical (unpaired) electrons. The number of hydrogen-bond acceptors (Lipinski definition) is 5. The number of nitriles is 1. The van der Waals surface area contributed by atoms with E-state index < -0.39 is 11.3 Å². The minimum atomic E-state index is -2.70. The summed E-state index contributed by atoms with van der Waals surface area (Å²) in [6.07, 6.45) is 2.25. The molecule has 116 valence electrons. The van der Waals surface area contributed by atoms with Crippen LogP contribution in [0.5, 0.6) is 0 Å². The second-order valence-corrected chi connectivity index (χ2v) is 6.31. The van der Waals surface area contributed by atoms with Crippen LogP contribution in [-0.4, -0.2) is 27.4 Å². The van der Waals surface area contributed by atoms with Gasteiger partial charge < -0.3 is 4.90 Å². The predicted octanol–water partition coefficient (Wildman–Crippen LogP) is 3.22. The average molecular weight is 334 g/mol. The van der Waals surface area contributed by atoms with Crippen molar-refractivity contribution in [3.63, 3.8) is 0 Å². The van der Waals surface area contributed by atoms with Gasteiger partial charge >= 0.3 is 0 Å². The lowest BCUT2D eigenvalue weighted by Crippen LogP contribution is -2.51. The standard InChI is InChI=1S/C15H10ClF2N5/c16-12-11-13(22-8-21-12)23(7-14(11)5-15(17,18)6-14)10-3-9(4-19)1-2-20-10/h1-3,8H,5-7H2. The lowest BCUT2D eigenvalue weighted by molar-refractivity contribution is -0.121. The maximum absolute atomic E-state index is 13.5. The largest absolute Gasteiger partial charge is 0.310 e. The van der Waals surface area contributed by atoms with E-state index in [1.807, 2.05) is 6.07 Å². The number of aromatic nitrogens is 3. The first-order valence-corrected chi connectivity index (χ1v) is 7.34. The molecule has 4 rings (SSSR count). The van der Waals surface area contributed by atoms with Crippen LogP contribution in [0.1, 0.15) is 24.0 Å². The third kappa shape index (κ3) is 2.05. The fourth-order valence-corrected chi connectivity index (χ4v) is 3.85. The molecule has 0 atom stereocenters. The van der Waals surface area contributed by atoms with E-state index in [-0.39, 0.29) is 18.0 Å². The van der Waals surface area contributed by atoms with E-state index in [4.69, 9.17) is 16.9 Å². The molecule has 0 amide bonds. The van der Waals surface area contributed by atoms with E-state index in [0.717, 1.165) is 0 Å². The van der Waals surface area contributed by atoms with Gasteiger partial charge in [0.15, 0.2) is 0 Å². The van der Waals surface area contributed by atoms with Crippen LogP contribution in [0.15, 0.2) is 24.7 Å². The Bertz CT molecular complexity index is 840. The third-order valence-electron chi connectivity index (χ3n) is 4.37. The number of rotatable bonds is 1. The molecule has 0 aromatic carbocycles. The van der Waals surface area contributed by atoms with Crippen molar-refractivity contribution in [3.05, 3.63) is 40.9 Å². The first-order valence-electron chi connectivity index (χ1n) is 6.97. The highest BCUT2D eigenvalue weighted by atomic mass is 35.5. The molecule has 2 aromatic heterocycles. The number of hydrogen-bond donors (Lipinski definition) is 0. The SMILES string of the molecule is N#Cc1ccnc(N2CC3(CC(F)(F)C3)c3c(Cl)ncnc32)c1. The Labute approximate surface area is 135 Å². The molecule has 0 N–H and O–H groups in total. The van der Waals surface area contributed by atoms with Gasteiger partial charge in [0.25, 0.3) is 0 Å². The molecule has 1 aliphatic heterocycles. The van der Waals surface area contributed by atoms with Crippen molar-refractivity contribution in [2.45, 2.75) is 24.2 Å². The maximum Gasteiger partial charge on any atom is 0.250 e. The van der Waals surface area contributed by atoms with Crippen LogP contribution in [-0.2, 0) is 5.41 Å². The van der Waals surface area contributed by atoms with Crippen LogP contribution >= 0.6 is 11.6 Å². The summed E-state index contributed by atoms with van der Waals surface area (Å²) in [7, 11) is 0. The summed E-state index contributed by atoms with van der Waals surface area (Å²) in [5.74, 6) is -1.72. The molecule has 0 bridgehead atoms. The monoisotopic (exact) mass is 333 g/mol. The van der Waals surface area contributed by atoms with Gasteiger partial charge in [-0.1, -0.05) is 11.6 Å². The number of pyridine rings is 1. The van der Waals surface area contributed by atoms with E-state index in [1.165, 1.54) is 12.5 Å². The third-order valence-corrected chi connectivity index (χ3v) is 4.66. The highest BCUT2D eigenvalue weighted by molar-refractivity contribution is 6.30. The number of alkyl halides is 2. The first-order chi connectivity index (χ1) is 10.9. The van der Waals surface area contributed by atoms with E-state index in [1.54, 1.807) is 17.0 Å². The summed E-state index contributed by atoms with van der Waals surface area (Å²) < 4.78 is 27.1. The normalized spacial score (nSPS) is 20.0. The molecule has 1 fully saturated rings. The summed E-state index contributed by atoms with van der Waals surface area (Å²) in [4.78, 5) is 14.1. The quantitative estimate of drug-likeness (QED) is 0.750. The minimum absolute atomic E-state index is 0.199. The molecule has 0 saturated heterocycles. The second kappa shape index (κ2) is 4.59. The molecule has 2 aromatic rings. The van der Waals surface area contributed by atoms with Gasteiger partial charge in [-0.2, -0.15) is 5.26 Å². The Hall–Kier alpha value is -2.33. The van der Waals surface area contributed by atoms with Gasteiger partial charge in [-0.25, -0.2) is 23.7 Å². The minimum Gasteiger partial charge on any atom is -0.310 e. The van der Waals surface area contributed by atoms with Crippen molar-refractivity contribution in [2.75, 3.05) is 11.4 Å². The van der Waals surface area contributed by atoms with Crippen molar-refractivity contribution < 1.29 is 8.78 Å². The maximum atomic E-state index is 13.5. The molecular weight excluding hydrogens is 324 g/mol. The molecular formula is C15H10ClF2N5. The Morgan fingerprint density at radius 2 is 2.04 bits per heavy atom. The van der Waals surface area contributed by atoms with Gasteiger partial charge in [0.1, 0.15) is 23.1 Å². The predicted molar refractivity (Wildman–Crippen MR) is 78.9 cm³/mol. The van der Waals surface area contributed by atoms with Crippen LogP contribution < -0.4 is 4.90 Å². The number of anilines is 2. The zero-order valence-electron chi connectivity index (χ0n) is 11.8. The second-order valence-electron chi connectivity index (χ2n) is 5.95. The van der Waals surface area contributed by atoms with Crippen LogP contribution in [0.2, 0.25) is 5.15 Å². The molecule has 1 saturated carbocycles. The fourth-order valence-electron chi connectivity index (χ4n) is 3.52. The number of nitrogens with zero attached hydrogens (tertiary/aromatic N) is 5. The summed E-state index contributed by atoms with van der Waals surface area (Å²) in [6, 6.07) is 5.23. The topological polar surface area (TPSA) is 65.7 Å². The summed E-state index contributed by atoms with van der Waals surface area (Å²) in [5.41, 5.74) is 0.231. The van der Waals surface area contributed by atoms with Gasteiger partial charge in [0, 0.05) is 36.6 Å². The van der Waals surface area contributed by atoms with Gasteiger partial charge in [-0.15, -0.1) is 0 Å². The van der Waals surface area contributed by atoms with Crippen LogP contribution in [0, 0.1) is 11.3 Å². The van der Waals surface area contributed by atoms with Gasteiger partial charge in [0.05, 0.1) is 11.6 Å². The Morgan fingerprint density at radius 1 is 1.26 bits per heavy atom. The van der Waals surface area contributed by atoms with E-state index in [2.05, 4.69) is 15.0 Å². The zero-order chi connectivity index (χ0) is 16.2. The van der Waals surface area contributed by atoms with E-state index in [0.29, 0.717) is 29.3 Å². The van der Waals surface area contributed by atoms with E-state index >= 15 is 0 Å². The Kier molecular flexibility index (Phi) is 2.85. The van der Waals surface area contributed by atoms with Gasteiger partial charge in [-0.05, 0) is 12.1 Å². The van der Waals surface area contributed by atoms with Crippen molar-refractivity contribution in [3.8, 4) is 6.07 Å². The molecule has 5 nitrogen and oxygen atoms in total. The van der Waals surface area contributed by atoms with Crippen molar-refractivity contribution in [1.82, 2.24) is 15.0 Å². The van der Waals surface area contributed by atoms with E-state index in [9.17, 15) is 8.78 Å². The Morgan fingerprint density at radius 3 is 2.74 bits per heavy atom. The zero-order valence-corrected chi connectivity index (χ0v) is 12.6. The number of fused-ring (bicyclic) bond motifs is 2. The average Bonchev–Trinajstić information content (AvgIpc) is 2.82. The highest BCUT2D eigenvalue weighted by Crippen LogP contribution is 2.60. The lowest BCUT2D eigenvalue weighted by atomic mass is 9.63. The van der Waals surface area contributed by atoms with Crippen LogP contribution in [0.3, 0.4) is 0 Å². The summed E-state index contributed by atoms with van der Waals surface area (Å²) in [5, 5.41) is 9.23. The van der Waals surface area contributed by atoms with Gasteiger partial charge in [0.2, 0.25) is 5.92 Å². The molecule has 23 heavy (non-hydrogen) atoms. The smallest absolute Gasteiger partial charge is 0.250 e. The van der Waals surface area contributed by atoms with Crippen molar-refractivity contribution >= 4 is 23.2 Å². The van der Waals surface area contributed by atoms with Gasteiger partial charge in [-0.3, -0.25) is 0 Å². The lowest BCUT2D eigenvalue weighted by Gasteiger charge is -2.45. The highest BCUT2D eigenvalue weighted by Gasteiger charge is 2.62. The molecule has 3 heterocycles. The molecule has 8 heteroatoms. The van der Waals surface area contributed by atoms with Crippen molar-refractivity contribution in [1.29, 1.82) is 5.26 Å².